The molecule has 1 aromatic heterocycles. The van der Waals surface area contributed by atoms with E-state index in [-0.39, 0.29) is 5.69 Å². The van der Waals surface area contributed by atoms with Gasteiger partial charge in [0, 0.05) is 17.1 Å². The third-order valence-corrected chi connectivity index (χ3v) is 4.71. The number of hydrogen-bond donors (Lipinski definition) is 1. The zero-order valence-electron chi connectivity index (χ0n) is 15.4. The summed E-state index contributed by atoms with van der Waals surface area (Å²) in [7, 11) is 1.61. The smallest absolute Gasteiger partial charge is 0.353 e. The van der Waals surface area contributed by atoms with Gasteiger partial charge in [0.25, 0.3) is 0 Å². The molecule has 0 amide bonds. The molecule has 4 heteroatoms. The highest BCUT2D eigenvalue weighted by Crippen LogP contribution is 2.36. The fourth-order valence-corrected chi connectivity index (χ4v) is 3.40. The third kappa shape index (κ3) is 3.16. The summed E-state index contributed by atoms with van der Waals surface area (Å²) in [6, 6.07) is 25.0. The second-order valence-electron chi connectivity index (χ2n) is 6.37. The van der Waals surface area contributed by atoms with Gasteiger partial charge in [-0.05, 0) is 35.4 Å². The van der Waals surface area contributed by atoms with Crippen molar-refractivity contribution < 1.29 is 14.6 Å². The van der Waals surface area contributed by atoms with Crippen molar-refractivity contribution in [3.8, 4) is 16.9 Å². The highest BCUT2D eigenvalue weighted by atomic mass is 16.5. The molecule has 0 radical (unpaired) electrons. The second-order valence-corrected chi connectivity index (χ2v) is 6.37. The van der Waals surface area contributed by atoms with Gasteiger partial charge in [-0.25, -0.2) is 4.79 Å². The Labute approximate surface area is 162 Å². The van der Waals surface area contributed by atoms with Crippen LogP contribution in [0.4, 0.5) is 0 Å². The van der Waals surface area contributed by atoms with E-state index in [0.717, 1.165) is 27.8 Å². The summed E-state index contributed by atoms with van der Waals surface area (Å²) in [5.41, 5.74) is 3.61. The number of benzene rings is 3. The number of carboxylic acids is 1. The standard InChI is InChI=1S/C24H19NO3/c1-28-19-13-11-18(12-14-19)22-20-9-5-6-10-21(20)25(23(22)24(26)27)16-15-17-7-3-2-4-8-17/h2-16H,1H3,(H,26,27)/b16-15+. The number of carboxylic acid groups (broad SMARTS) is 1. The maximum absolute atomic E-state index is 12.2. The molecule has 4 nitrogen and oxygen atoms in total. The van der Waals surface area contributed by atoms with E-state index in [1.165, 1.54) is 0 Å². The quantitative estimate of drug-likeness (QED) is 0.495. The first-order valence-electron chi connectivity index (χ1n) is 8.93. The molecule has 0 saturated heterocycles. The number of aromatic carboxylic acids is 1. The van der Waals surface area contributed by atoms with Gasteiger partial charge in [-0.2, -0.15) is 0 Å². The van der Waals surface area contributed by atoms with Crippen LogP contribution in [0, 0.1) is 0 Å². The number of ether oxygens (including phenoxy) is 1. The van der Waals surface area contributed by atoms with Gasteiger partial charge >= 0.3 is 5.97 Å². The molecule has 28 heavy (non-hydrogen) atoms. The van der Waals surface area contributed by atoms with E-state index in [1.54, 1.807) is 11.7 Å². The van der Waals surface area contributed by atoms with E-state index in [2.05, 4.69) is 0 Å². The Hall–Kier alpha value is -3.79. The highest BCUT2D eigenvalue weighted by Gasteiger charge is 2.22. The molecule has 0 aliphatic heterocycles. The van der Waals surface area contributed by atoms with E-state index >= 15 is 0 Å². The lowest BCUT2D eigenvalue weighted by atomic mass is 10.0. The number of rotatable bonds is 5. The molecule has 0 spiro atoms. The summed E-state index contributed by atoms with van der Waals surface area (Å²) in [5.74, 6) is -0.243. The van der Waals surface area contributed by atoms with Crippen LogP contribution < -0.4 is 4.74 Å². The lowest BCUT2D eigenvalue weighted by molar-refractivity contribution is 0.0690. The molecule has 4 rings (SSSR count). The molecule has 1 heterocycles. The van der Waals surface area contributed by atoms with Crippen molar-refractivity contribution in [2.75, 3.05) is 7.11 Å². The van der Waals surface area contributed by atoms with Crippen molar-refractivity contribution in [1.82, 2.24) is 4.57 Å². The van der Waals surface area contributed by atoms with Crippen molar-refractivity contribution in [2.24, 2.45) is 0 Å². The number of para-hydroxylation sites is 1. The molecule has 1 N–H and O–H groups in total. The zero-order chi connectivity index (χ0) is 19.5. The molecule has 4 aromatic rings. The molecule has 0 aliphatic carbocycles. The number of hydrogen-bond acceptors (Lipinski definition) is 2. The van der Waals surface area contributed by atoms with Gasteiger partial charge in [0.15, 0.2) is 0 Å². The fourth-order valence-electron chi connectivity index (χ4n) is 3.40. The summed E-state index contributed by atoms with van der Waals surface area (Å²) in [5, 5.41) is 10.9. The van der Waals surface area contributed by atoms with Crippen LogP contribution in [0.15, 0.2) is 78.9 Å². The van der Waals surface area contributed by atoms with Gasteiger partial charge < -0.3 is 14.4 Å². The molecule has 0 aliphatic rings. The van der Waals surface area contributed by atoms with Crippen molar-refractivity contribution in [3.05, 3.63) is 90.1 Å². The lowest BCUT2D eigenvalue weighted by Crippen LogP contribution is -2.05. The van der Waals surface area contributed by atoms with E-state index in [4.69, 9.17) is 4.74 Å². The van der Waals surface area contributed by atoms with Gasteiger partial charge in [0.05, 0.1) is 12.6 Å². The molecule has 0 atom stereocenters. The predicted molar refractivity (Wildman–Crippen MR) is 113 cm³/mol. The van der Waals surface area contributed by atoms with Crippen LogP contribution in [-0.4, -0.2) is 22.8 Å². The first kappa shape index (κ1) is 17.6. The third-order valence-electron chi connectivity index (χ3n) is 4.71. The Morgan fingerprint density at radius 2 is 1.61 bits per heavy atom. The SMILES string of the molecule is COc1ccc(-c2c(C(=O)O)n(/C=C/c3ccccc3)c3ccccc23)cc1. The first-order valence-corrected chi connectivity index (χ1v) is 8.93. The second kappa shape index (κ2) is 7.45. The maximum Gasteiger partial charge on any atom is 0.353 e. The Bertz CT molecular complexity index is 1160. The molecular formula is C24H19NO3. The Balaban J connectivity index is 1.96. The summed E-state index contributed by atoms with van der Waals surface area (Å²) in [6.45, 7) is 0. The molecule has 0 unspecified atom stereocenters. The van der Waals surface area contributed by atoms with Gasteiger partial charge in [0.2, 0.25) is 0 Å². The lowest BCUT2D eigenvalue weighted by Gasteiger charge is -2.06. The van der Waals surface area contributed by atoms with Gasteiger partial charge in [-0.1, -0.05) is 60.7 Å². The molecule has 0 saturated carbocycles. The largest absolute Gasteiger partial charge is 0.497 e. The summed E-state index contributed by atoms with van der Waals surface area (Å²) < 4.78 is 6.97. The molecule has 138 valence electrons. The van der Waals surface area contributed by atoms with Gasteiger partial charge in [0.1, 0.15) is 11.4 Å². The van der Waals surface area contributed by atoms with Crippen molar-refractivity contribution >= 4 is 29.1 Å². The molecule has 3 aromatic carbocycles. The number of methoxy groups -OCH3 is 1. The van der Waals surface area contributed by atoms with Crippen LogP contribution in [0.5, 0.6) is 5.75 Å². The van der Waals surface area contributed by atoms with Crippen LogP contribution in [0.2, 0.25) is 0 Å². The van der Waals surface area contributed by atoms with Crippen molar-refractivity contribution in [3.63, 3.8) is 0 Å². The van der Waals surface area contributed by atoms with Crippen molar-refractivity contribution in [1.29, 1.82) is 0 Å². The van der Waals surface area contributed by atoms with Gasteiger partial charge in [-0.3, -0.25) is 0 Å². The molecule has 0 fully saturated rings. The summed E-state index contributed by atoms with van der Waals surface area (Å²) in [4.78, 5) is 12.2. The number of carbonyl (C=O) groups is 1. The van der Waals surface area contributed by atoms with E-state index < -0.39 is 5.97 Å². The van der Waals surface area contributed by atoms with Crippen LogP contribution in [0.1, 0.15) is 16.1 Å². The highest BCUT2D eigenvalue weighted by molar-refractivity contribution is 6.09. The van der Waals surface area contributed by atoms with Crippen LogP contribution in [0.25, 0.3) is 34.3 Å². The minimum Gasteiger partial charge on any atom is -0.497 e. The number of aromatic nitrogens is 1. The monoisotopic (exact) mass is 369 g/mol. The zero-order valence-corrected chi connectivity index (χ0v) is 15.4. The van der Waals surface area contributed by atoms with Crippen LogP contribution in [-0.2, 0) is 0 Å². The Kier molecular flexibility index (Phi) is 4.68. The molecule has 0 bridgehead atoms. The average Bonchev–Trinajstić information content (AvgIpc) is 3.08. The number of nitrogens with zero attached hydrogens (tertiary/aromatic N) is 1. The normalized spacial score (nSPS) is 11.2. The van der Waals surface area contributed by atoms with Crippen LogP contribution >= 0.6 is 0 Å². The fraction of sp³-hybridized carbons (Fsp3) is 0.0417. The topological polar surface area (TPSA) is 51.5 Å². The average molecular weight is 369 g/mol. The van der Waals surface area contributed by atoms with E-state index in [0.29, 0.717) is 5.56 Å². The Morgan fingerprint density at radius 3 is 2.29 bits per heavy atom. The predicted octanol–water partition coefficient (Wildman–Crippen LogP) is 5.64. The number of fused-ring (bicyclic) bond motifs is 1. The minimum atomic E-state index is -0.972. The van der Waals surface area contributed by atoms with Crippen molar-refractivity contribution in [2.45, 2.75) is 0 Å². The summed E-state index contributed by atoms with van der Waals surface area (Å²) >= 11 is 0. The van der Waals surface area contributed by atoms with E-state index in [9.17, 15) is 9.90 Å². The van der Waals surface area contributed by atoms with Gasteiger partial charge in [-0.15, -0.1) is 0 Å². The minimum absolute atomic E-state index is 0.235. The van der Waals surface area contributed by atoms with Crippen LogP contribution in [0.3, 0.4) is 0 Å². The summed E-state index contributed by atoms with van der Waals surface area (Å²) in [6.07, 6.45) is 3.73. The maximum atomic E-state index is 12.2. The first-order chi connectivity index (χ1) is 13.7. The Morgan fingerprint density at radius 1 is 0.929 bits per heavy atom. The molecular weight excluding hydrogens is 350 g/mol. The van der Waals surface area contributed by atoms with E-state index in [1.807, 2.05) is 91.1 Å².